The van der Waals surface area contributed by atoms with Crippen molar-refractivity contribution in [3.05, 3.63) is 47.0 Å². The first kappa shape index (κ1) is 16.2. The van der Waals surface area contributed by atoms with E-state index in [0.717, 1.165) is 23.1 Å². The summed E-state index contributed by atoms with van der Waals surface area (Å²) in [5, 5.41) is 11.4. The fourth-order valence-corrected chi connectivity index (χ4v) is 3.36. The third-order valence-electron chi connectivity index (χ3n) is 4.20. The molecule has 21 heavy (non-hydrogen) atoms. The lowest BCUT2D eigenvalue weighted by atomic mass is 9.73. The Bertz CT molecular complexity index is 524. The Morgan fingerprint density at radius 2 is 1.76 bits per heavy atom. The second-order valence-corrected chi connectivity index (χ2v) is 6.66. The zero-order chi connectivity index (χ0) is 15.7. The quantitative estimate of drug-likeness (QED) is 0.674. The fraction of sp³-hybridized carbons (Fsp3) is 0.556. The SMILES string of the molecule is COC(OC)c1ccccc1C1(O)CCC=C1C(C)(C)C. The molecular formula is C18H26O3. The van der Waals surface area contributed by atoms with E-state index in [1.54, 1.807) is 14.2 Å². The number of rotatable bonds is 4. The Hall–Kier alpha value is -1.16. The highest BCUT2D eigenvalue weighted by atomic mass is 16.7. The van der Waals surface area contributed by atoms with Crippen LogP contribution in [0.25, 0.3) is 0 Å². The van der Waals surface area contributed by atoms with Gasteiger partial charge in [0.2, 0.25) is 0 Å². The molecule has 0 aliphatic heterocycles. The second kappa shape index (κ2) is 5.91. The molecule has 0 heterocycles. The zero-order valence-corrected chi connectivity index (χ0v) is 13.6. The summed E-state index contributed by atoms with van der Waals surface area (Å²) < 4.78 is 10.8. The van der Waals surface area contributed by atoms with Crippen LogP contribution in [-0.4, -0.2) is 19.3 Å². The van der Waals surface area contributed by atoms with E-state index >= 15 is 0 Å². The number of methoxy groups -OCH3 is 2. The Labute approximate surface area is 127 Å². The van der Waals surface area contributed by atoms with E-state index in [9.17, 15) is 5.11 Å². The number of hydrogen-bond donors (Lipinski definition) is 1. The minimum Gasteiger partial charge on any atom is -0.381 e. The Morgan fingerprint density at radius 1 is 1.14 bits per heavy atom. The molecule has 1 aliphatic rings. The first-order chi connectivity index (χ1) is 9.84. The average molecular weight is 290 g/mol. The van der Waals surface area contributed by atoms with Crippen molar-refractivity contribution in [2.75, 3.05) is 14.2 Å². The van der Waals surface area contributed by atoms with Crippen LogP contribution in [0.15, 0.2) is 35.9 Å². The maximum absolute atomic E-state index is 11.4. The molecule has 0 saturated carbocycles. The maximum atomic E-state index is 11.4. The number of hydrogen-bond acceptors (Lipinski definition) is 3. The predicted octanol–water partition coefficient (Wildman–Crippen LogP) is 3.93. The van der Waals surface area contributed by atoms with Gasteiger partial charge in [-0.15, -0.1) is 0 Å². The van der Waals surface area contributed by atoms with Crippen molar-refractivity contribution in [1.82, 2.24) is 0 Å². The lowest BCUT2D eigenvalue weighted by molar-refractivity contribution is -0.108. The second-order valence-electron chi connectivity index (χ2n) is 6.66. The Balaban J connectivity index is 2.54. The number of aliphatic hydroxyl groups is 1. The van der Waals surface area contributed by atoms with Crippen LogP contribution < -0.4 is 0 Å². The van der Waals surface area contributed by atoms with Crippen LogP contribution in [0.5, 0.6) is 0 Å². The van der Waals surface area contributed by atoms with Crippen molar-refractivity contribution in [3.63, 3.8) is 0 Å². The average Bonchev–Trinajstić information content (AvgIpc) is 2.84. The minimum atomic E-state index is -0.940. The normalized spacial score (nSPS) is 22.7. The predicted molar refractivity (Wildman–Crippen MR) is 83.9 cm³/mol. The van der Waals surface area contributed by atoms with E-state index in [4.69, 9.17) is 9.47 Å². The van der Waals surface area contributed by atoms with Gasteiger partial charge in [0.15, 0.2) is 6.29 Å². The standard InChI is InChI=1S/C18H26O3/c1-17(2,3)15-11-8-12-18(15,19)14-10-7-6-9-13(14)16(20-4)21-5/h6-7,9-11,16,19H,8,12H2,1-5H3. The summed E-state index contributed by atoms with van der Waals surface area (Å²) in [5.41, 5.74) is 1.84. The smallest absolute Gasteiger partial charge is 0.183 e. The molecule has 0 fully saturated rings. The topological polar surface area (TPSA) is 38.7 Å². The van der Waals surface area contributed by atoms with E-state index in [-0.39, 0.29) is 5.41 Å². The molecule has 1 unspecified atom stereocenters. The molecule has 0 amide bonds. The van der Waals surface area contributed by atoms with Crippen molar-refractivity contribution < 1.29 is 14.6 Å². The highest BCUT2D eigenvalue weighted by Crippen LogP contribution is 2.49. The van der Waals surface area contributed by atoms with Crippen molar-refractivity contribution in [1.29, 1.82) is 0 Å². The largest absolute Gasteiger partial charge is 0.381 e. The molecule has 1 atom stereocenters. The van der Waals surface area contributed by atoms with Crippen molar-refractivity contribution in [3.8, 4) is 0 Å². The van der Waals surface area contributed by atoms with Crippen LogP contribution in [0, 0.1) is 5.41 Å². The van der Waals surface area contributed by atoms with Crippen LogP contribution in [0.1, 0.15) is 51.0 Å². The molecule has 1 N–H and O–H groups in total. The molecule has 3 nitrogen and oxygen atoms in total. The number of benzene rings is 1. The molecule has 0 saturated heterocycles. The van der Waals surface area contributed by atoms with Crippen LogP contribution in [0.3, 0.4) is 0 Å². The maximum Gasteiger partial charge on any atom is 0.183 e. The minimum absolute atomic E-state index is 0.0754. The summed E-state index contributed by atoms with van der Waals surface area (Å²) >= 11 is 0. The molecule has 0 bridgehead atoms. The molecule has 2 rings (SSSR count). The van der Waals surface area contributed by atoms with Crippen LogP contribution in [0.4, 0.5) is 0 Å². The Kier molecular flexibility index (Phi) is 4.57. The Morgan fingerprint density at radius 3 is 2.33 bits per heavy atom. The van der Waals surface area contributed by atoms with Gasteiger partial charge in [0.05, 0.1) is 0 Å². The van der Waals surface area contributed by atoms with E-state index in [1.165, 1.54) is 0 Å². The van der Waals surface area contributed by atoms with E-state index in [0.29, 0.717) is 6.42 Å². The first-order valence-corrected chi connectivity index (χ1v) is 7.43. The monoisotopic (exact) mass is 290 g/mol. The molecule has 1 aliphatic carbocycles. The van der Waals surface area contributed by atoms with Gasteiger partial charge >= 0.3 is 0 Å². The molecule has 0 aromatic heterocycles. The molecule has 1 aromatic carbocycles. The van der Waals surface area contributed by atoms with E-state index in [1.807, 2.05) is 24.3 Å². The van der Waals surface area contributed by atoms with Crippen molar-refractivity contribution >= 4 is 0 Å². The third kappa shape index (κ3) is 2.91. The van der Waals surface area contributed by atoms with Gasteiger partial charge in [-0.3, -0.25) is 0 Å². The summed E-state index contributed by atoms with van der Waals surface area (Å²) in [5.74, 6) is 0. The van der Waals surface area contributed by atoms with Crippen LogP contribution in [-0.2, 0) is 15.1 Å². The first-order valence-electron chi connectivity index (χ1n) is 7.43. The van der Waals surface area contributed by atoms with Crippen LogP contribution >= 0.6 is 0 Å². The summed E-state index contributed by atoms with van der Waals surface area (Å²) in [6.07, 6.45) is 3.30. The lowest BCUT2D eigenvalue weighted by Crippen LogP contribution is -2.33. The summed E-state index contributed by atoms with van der Waals surface area (Å²) in [6, 6.07) is 7.84. The molecule has 1 aromatic rings. The summed E-state index contributed by atoms with van der Waals surface area (Å²) in [6.45, 7) is 6.42. The highest BCUT2D eigenvalue weighted by molar-refractivity contribution is 5.43. The summed E-state index contributed by atoms with van der Waals surface area (Å²) in [4.78, 5) is 0. The van der Waals surface area contributed by atoms with E-state index < -0.39 is 11.9 Å². The van der Waals surface area contributed by atoms with Gasteiger partial charge in [0.1, 0.15) is 5.60 Å². The molecule has 116 valence electrons. The van der Waals surface area contributed by atoms with Crippen molar-refractivity contribution in [2.24, 2.45) is 5.41 Å². The molecule has 0 spiro atoms. The van der Waals surface area contributed by atoms with E-state index in [2.05, 4.69) is 26.8 Å². The van der Waals surface area contributed by atoms with Crippen molar-refractivity contribution in [2.45, 2.75) is 45.5 Å². The van der Waals surface area contributed by atoms with Gasteiger partial charge in [-0.2, -0.15) is 0 Å². The number of allylic oxidation sites excluding steroid dienone is 1. The van der Waals surface area contributed by atoms with Gasteiger partial charge in [0, 0.05) is 19.8 Å². The zero-order valence-electron chi connectivity index (χ0n) is 13.6. The van der Waals surface area contributed by atoms with Gasteiger partial charge in [-0.25, -0.2) is 0 Å². The molecular weight excluding hydrogens is 264 g/mol. The van der Waals surface area contributed by atoms with Crippen LogP contribution in [0.2, 0.25) is 0 Å². The van der Waals surface area contributed by atoms with Gasteiger partial charge in [-0.1, -0.05) is 51.1 Å². The third-order valence-corrected chi connectivity index (χ3v) is 4.20. The van der Waals surface area contributed by atoms with Gasteiger partial charge < -0.3 is 14.6 Å². The lowest BCUT2D eigenvalue weighted by Gasteiger charge is -2.37. The van der Waals surface area contributed by atoms with Gasteiger partial charge in [-0.05, 0) is 29.4 Å². The highest BCUT2D eigenvalue weighted by Gasteiger charge is 2.43. The fourth-order valence-electron chi connectivity index (χ4n) is 3.36. The number of ether oxygens (including phenoxy) is 2. The van der Waals surface area contributed by atoms with Gasteiger partial charge in [0.25, 0.3) is 0 Å². The summed E-state index contributed by atoms with van der Waals surface area (Å²) in [7, 11) is 3.23. The molecule has 0 radical (unpaired) electrons. The molecule has 3 heteroatoms.